The SMILES string of the molecule is CCNC(c1c(C)oc(C)c1C)c1nccn1C. The molecule has 2 rings (SSSR count). The molecule has 0 spiro atoms. The maximum atomic E-state index is 5.73. The fraction of sp³-hybridized carbons (Fsp3) is 0.500. The maximum Gasteiger partial charge on any atom is 0.130 e. The number of aromatic nitrogens is 2. The van der Waals surface area contributed by atoms with Gasteiger partial charge in [-0.15, -0.1) is 0 Å². The first-order chi connectivity index (χ1) is 8.56. The van der Waals surface area contributed by atoms with Crippen molar-refractivity contribution < 1.29 is 4.42 Å². The second kappa shape index (κ2) is 4.98. The highest BCUT2D eigenvalue weighted by Gasteiger charge is 2.24. The molecule has 2 heterocycles. The number of nitrogens with zero attached hydrogens (tertiary/aromatic N) is 2. The molecule has 0 amide bonds. The first-order valence-corrected chi connectivity index (χ1v) is 6.33. The van der Waals surface area contributed by atoms with Gasteiger partial charge >= 0.3 is 0 Å². The van der Waals surface area contributed by atoms with Crippen molar-refractivity contribution in [3.63, 3.8) is 0 Å². The summed E-state index contributed by atoms with van der Waals surface area (Å²) in [6, 6.07) is 0.0902. The van der Waals surface area contributed by atoms with E-state index < -0.39 is 0 Å². The fourth-order valence-corrected chi connectivity index (χ4v) is 2.42. The van der Waals surface area contributed by atoms with Crippen LogP contribution in [0.2, 0.25) is 0 Å². The first-order valence-electron chi connectivity index (χ1n) is 6.33. The first kappa shape index (κ1) is 12.9. The largest absolute Gasteiger partial charge is 0.466 e. The molecule has 4 nitrogen and oxygen atoms in total. The molecule has 0 radical (unpaired) electrons. The van der Waals surface area contributed by atoms with Crippen LogP contribution in [-0.2, 0) is 7.05 Å². The lowest BCUT2D eigenvalue weighted by Crippen LogP contribution is -2.25. The van der Waals surface area contributed by atoms with Crippen molar-refractivity contribution in [3.05, 3.63) is 40.9 Å². The standard InChI is InChI=1S/C14H21N3O/c1-6-15-13(14-16-7-8-17(14)5)12-9(2)10(3)18-11(12)4/h7-8,13,15H,6H2,1-5H3. The fourth-order valence-electron chi connectivity index (χ4n) is 2.42. The molecule has 1 unspecified atom stereocenters. The molecular weight excluding hydrogens is 226 g/mol. The van der Waals surface area contributed by atoms with E-state index in [0.29, 0.717) is 0 Å². The van der Waals surface area contributed by atoms with E-state index >= 15 is 0 Å². The zero-order valence-electron chi connectivity index (χ0n) is 11.7. The van der Waals surface area contributed by atoms with E-state index in [1.807, 2.05) is 33.3 Å². The summed E-state index contributed by atoms with van der Waals surface area (Å²) >= 11 is 0. The van der Waals surface area contributed by atoms with Gasteiger partial charge in [0.2, 0.25) is 0 Å². The summed E-state index contributed by atoms with van der Waals surface area (Å²) in [7, 11) is 2.02. The minimum atomic E-state index is 0.0902. The van der Waals surface area contributed by atoms with Gasteiger partial charge in [-0.1, -0.05) is 6.92 Å². The maximum absolute atomic E-state index is 5.73. The molecule has 0 aliphatic rings. The normalized spacial score (nSPS) is 12.9. The molecular formula is C14H21N3O. The zero-order chi connectivity index (χ0) is 13.3. The Kier molecular flexibility index (Phi) is 3.57. The van der Waals surface area contributed by atoms with E-state index in [9.17, 15) is 0 Å². The van der Waals surface area contributed by atoms with Crippen LogP contribution >= 0.6 is 0 Å². The Bertz CT molecular complexity index is 539. The molecule has 0 aliphatic heterocycles. The molecule has 0 aliphatic carbocycles. The van der Waals surface area contributed by atoms with Crippen LogP contribution in [0, 0.1) is 20.8 Å². The molecule has 98 valence electrons. The molecule has 0 bridgehead atoms. The third-order valence-corrected chi connectivity index (χ3v) is 3.43. The third-order valence-electron chi connectivity index (χ3n) is 3.43. The summed E-state index contributed by atoms with van der Waals surface area (Å²) < 4.78 is 7.78. The Morgan fingerprint density at radius 2 is 2.06 bits per heavy atom. The van der Waals surface area contributed by atoms with Gasteiger partial charge in [-0.2, -0.15) is 0 Å². The van der Waals surface area contributed by atoms with Crippen molar-refractivity contribution in [1.82, 2.24) is 14.9 Å². The summed E-state index contributed by atoms with van der Waals surface area (Å²) in [6.45, 7) is 9.12. The van der Waals surface area contributed by atoms with Crippen molar-refractivity contribution in [2.75, 3.05) is 6.54 Å². The summed E-state index contributed by atoms with van der Waals surface area (Å²) in [5.74, 6) is 2.97. The summed E-state index contributed by atoms with van der Waals surface area (Å²) in [6.07, 6.45) is 3.80. The highest BCUT2D eigenvalue weighted by atomic mass is 16.3. The van der Waals surface area contributed by atoms with Crippen LogP contribution in [0.25, 0.3) is 0 Å². The van der Waals surface area contributed by atoms with E-state index in [-0.39, 0.29) is 6.04 Å². The number of aryl methyl sites for hydroxylation is 3. The second-order valence-electron chi connectivity index (χ2n) is 4.64. The number of nitrogens with one attached hydrogen (secondary N) is 1. The average Bonchev–Trinajstić information content (AvgIpc) is 2.83. The highest BCUT2D eigenvalue weighted by Crippen LogP contribution is 2.30. The third kappa shape index (κ3) is 2.08. The van der Waals surface area contributed by atoms with E-state index in [4.69, 9.17) is 4.42 Å². The molecule has 2 aromatic heterocycles. The van der Waals surface area contributed by atoms with Crippen LogP contribution in [0.3, 0.4) is 0 Å². The van der Waals surface area contributed by atoms with E-state index in [1.165, 1.54) is 11.1 Å². The van der Waals surface area contributed by atoms with Crippen LogP contribution in [0.5, 0.6) is 0 Å². The lowest BCUT2D eigenvalue weighted by Gasteiger charge is -2.18. The molecule has 1 atom stereocenters. The van der Waals surface area contributed by atoms with Gasteiger partial charge in [-0.05, 0) is 32.9 Å². The highest BCUT2D eigenvalue weighted by molar-refractivity contribution is 5.37. The Hall–Kier alpha value is -1.55. The van der Waals surface area contributed by atoms with E-state index in [0.717, 1.165) is 23.9 Å². The van der Waals surface area contributed by atoms with E-state index in [1.54, 1.807) is 0 Å². The number of hydrogen-bond acceptors (Lipinski definition) is 3. The number of furan rings is 1. The average molecular weight is 247 g/mol. The Labute approximate surface area is 108 Å². The predicted octanol–water partition coefficient (Wildman–Crippen LogP) is 2.64. The van der Waals surface area contributed by atoms with Gasteiger partial charge in [0, 0.05) is 25.0 Å². The van der Waals surface area contributed by atoms with Crippen molar-refractivity contribution >= 4 is 0 Å². The quantitative estimate of drug-likeness (QED) is 0.903. The predicted molar refractivity (Wildman–Crippen MR) is 71.6 cm³/mol. The van der Waals surface area contributed by atoms with Crippen molar-refractivity contribution in [1.29, 1.82) is 0 Å². The van der Waals surface area contributed by atoms with Crippen molar-refractivity contribution in [2.24, 2.45) is 7.05 Å². The van der Waals surface area contributed by atoms with Gasteiger partial charge in [-0.25, -0.2) is 4.98 Å². The molecule has 0 aromatic carbocycles. The van der Waals surface area contributed by atoms with Gasteiger partial charge in [0.15, 0.2) is 0 Å². The van der Waals surface area contributed by atoms with Gasteiger partial charge < -0.3 is 14.3 Å². The molecule has 2 aromatic rings. The summed E-state index contributed by atoms with van der Waals surface area (Å²) in [5, 5.41) is 3.49. The topological polar surface area (TPSA) is 43.0 Å². The second-order valence-corrected chi connectivity index (χ2v) is 4.64. The van der Waals surface area contributed by atoms with Crippen LogP contribution in [0.1, 0.15) is 41.4 Å². The monoisotopic (exact) mass is 247 g/mol. The Balaban J connectivity index is 2.51. The number of hydrogen-bond donors (Lipinski definition) is 1. The molecule has 0 saturated carbocycles. The molecule has 0 saturated heterocycles. The lowest BCUT2D eigenvalue weighted by atomic mass is 10.0. The lowest BCUT2D eigenvalue weighted by molar-refractivity contribution is 0.490. The van der Waals surface area contributed by atoms with Crippen molar-refractivity contribution in [3.8, 4) is 0 Å². The van der Waals surface area contributed by atoms with Crippen LogP contribution in [0.15, 0.2) is 16.8 Å². The zero-order valence-corrected chi connectivity index (χ0v) is 11.7. The number of imidazole rings is 1. The van der Waals surface area contributed by atoms with Crippen LogP contribution < -0.4 is 5.32 Å². The van der Waals surface area contributed by atoms with Crippen LogP contribution in [0.4, 0.5) is 0 Å². The van der Waals surface area contributed by atoms with Crippen molar-refractivity contribution in [2.45, 2.75) is 33.7 Å². The van der Waals surface area contributed by atoms with Crippen LogP contribution in [-0.4, -0.2) is 16.1 Å². The van der Waals surface area contributed by atoms with E-state index in [2.05, 4.69) is 28.7 Å². The van der Waals surface area contributed by atoms with Gasteiger partial charge in [0.25, 0.3) is 0 Å². The minimum absolute atomic E-state index is 0.0902. The Morgan fingerprint density at radius 1 is 1.33 bits per heavy atom. The Morgan fingerprint density at radius 3 is 2.50 bits per heavy atom. The molecule has 0 fully saturated rings. The minimum Gasteiger partial charge on any atom is -0.466 e. The van der Waals surface area contributed by atoms with Gasteiger partial charge in [-0.3, -0.25) is 0 Å². The van der Waals surface area contributed by atoms with Gasteiger partial charge in [0.05, 0.1) is 6.04 Å². The molecule has 18 heavy (non-hydrogen) atoms. The smallest absolute Gasteiger partial charge is 0.130 e. The number of rotatable bonds is 4. The molecule has 4 heteroatoms. The van der Waals surface area contributed by atoms with Gasteiger partial charge in [0.1, 0.15) is 17.3 Å². The summed E-state index contributed by atoms with van der Waals surface area (Å²) in [5.41, 5.74) is 2.42. The molecule has 1 N–H and O–H groups in total. The summed E-state index contributed by atoms with van der Waals surface area (Å²) in [4.78, 5) is 4.46.